The van der Waals surface area contributed by atoms with Gasteiger partial charge >= 0.3 is 12.1 Å². The van der Waals surface area contributed by atoms with Gasteiger partial charge in [0.2, 0.25) is 0 Å². The topological polar surface area (TPSA) is 127 Å². The second kappa shape index (κ2) is 15.6. The molecule has 2 heterocycles. The highest BCUT2D eigenvalue weighted by Gasteiger charge is 2.26. The lowest BCUT2D eigenvalue weighted by Gasteiger charge is -2.22. The van der Waals surface area contributed by atoms with Gasteiger partial charge in [-0.25, -0.2) is 9.59 Å². The van der Waals surface area contributed by atoms with Gasteiger partial charge in [-0.3, -0.25) is 9.59 Å². The molecule has 0 radical (unpaired) electrons. The number of methoxy groups -OCH3 is 3. The normalized spacial score (nSPS) is 11.7. The number of carbonyl (C=O) groups is 2. The highest BCUT2D eigenvalue weighted by atomic mass is 127. The van der Waals surface area contributed by atoms with Crippen LogP contribution in [0, 0.1) is 3.57 Å². The Labute approximate surface area is 297 Å². The van der Waals surface area contributed by atoms with E-state index in [-0.39, 0.29) is 17.5 Å². The van der Waals surface area contributed by atoms with Crippen LogP contribution in [0.2, 0.25) is 0 Å². The molecule has 2 aromatic heterocycles. The Balaban J connectivity index is 0.000000299. The predicted octanol–water partition coefficient (Wildman–Crippen LogP) is 5.97. The number of pyridine rings is 2. The van der Waals surface area contributed by atoms with Crippen LogP contribution < -0.4 is 25.9 Å². The Bertz CT molecular complexity index is 2110. The summed E-state index contributed by atoms with van der Waals surface area (Å²) in [6, 6.07) is 21.5. The Morgan fingerprint density at radius 2 is 1.29 bits per heavy atom. The molecule has 0 fully saturated rings. The minimum Gasteiger partial charge on any atom is -0.495 e. The third kappa shape index (κ3) is 8.24. The molecule has 5 rings (SSSR count). The zero-order valence-electron chi connectivity index (χ0n) is 28.8. The van der Waals surface area contributed by atoms with E-state index in [9.17, 15) is 19.2 Å². The smallest absolute Gasteiger partial charge is 0.408 e. The quantitative estimate of drug-likeness (QED) is 0.158. The summed E-state index contributed by atoms with van der Waals surface area (Å²) in [5.41, 5.74) is 2.67. The van der Waals surface area contributed by atoms with Crippen LogP contribution in [0.25, 0.3) is 32.9 Å². The van der Waals surface area contributed by atoms with E-state index in [4.69, 9.17) is 18.9 Å². The van der Waals surface area contributed by atoms with Crippen molar-refractivity contribution in [2.24, 2.45) is 14.1 Å². The highest BCUT2D eigenvalue weighted by Crippen LogP contribution is 2.34. The number of hydrogen-bond acceptors (Lipinski definition) is 8. The van der Waals surface area contributed by atoms with Gasteiger partial charge in [-0.05, 0) is 78.8 Å². The van der Waals surface area contributed by atoms with Gasteiger partial charge in [0.15, 0.2) is 0 Å². The number of fused-ring (bicyclic) bond motifs is 2. The van der Waals surface area contributed by atoms with Crippen LogP contribution in [-0.2, 0) is 34.8 Å². The number of aryl methyl sites for hydroxylation is 2. The van der Waals surface area contributed by atoms with Crippen LogP contribution in [0.15, 0.2) is 82.4 Å². The summed E-state index contributed by atoms with van der Waals surface area (Å²) in [5, 5.41) is 4.36. The summed E-state index contributed by atoms with van der Waals surface area (Å²) in [6.07, 6.45) is -0.511. The summed E-state index contributed by atoms with van der Waals surface area (Å²) >= 11 is 2.02. The average Bonchev–Trinajstić information content (AvgIpc) is 3.08. The SMILES string of the molecule is COC(=O)[C@H](Cc1ccc(-c2c(OC)c3ccccc3n(C)c2=O)cc1)NC(=O)OC(C)(C)C.COc1c(I)c(=O)n(C)c2ccccc12. The second-order valence-electron chi connectivity index (χ2n) is 12.1. The molecule has 12 heteroatoms. The minimum atomic E-state index is -0.922. The van der Waals surface area contributed by atoms with Crippen LogP contribution in [0.3, 0.4) is 0 Å². The monoisotopic (exact) mass is 781 g/mol. The first-order valence-electron chi connectivity index (χ1n) is 15.4. The average molecular weight is 782 g/mol. The van der Waals surface area contributed by atoms with Gasteiger partial charge in [0.05, 0.1) is 37.9 Å². The molecule has 11 nitrogen and oxygen atoms in total. The zero-order valence-corrected chi connectivity index (χ0v) is 30.9. The van der Waals surface area contributed by atoms with Crippen molar-refractivity contribution in [3.63, 3.8) is 0 Å². The van der Waals surface area contributed by atoms with Gasteiger partial charge in [-0.1, -0.05) is 48.5 Å². The van der Waals surface area contributed by atoms with Crippen LogP contribution in [-0.4, -0.2) is 54.2 Å². The fourth-order valence-corrected chi connectivity index (χ4v) is 6.26. The Kier molecular flexibility index (Phi) is 11.8. The van der Waals surface area contributed by atoms with E-state index < -0.39 is 23.7 Å². The fourth-order valence-electron chi connectivity index (χ4n) is 5.39. The number of benzene rings is 3. The van der Waals surface area contributed by atoms with Crippen molar-refractivity contribution < 1.29 is 28.5 Å². The van der Waals surface area contributed by atoms with Gasteiger partial charge < -0.3 is 33.4 Å². The minimum absolute atomic E-state index is 0.0221. The third-order valence-electron chi connectivity index (χ3n) is 7.72. The van der Waals surface area contributed by atoms with Gasteiger partial charge in [0.25, 0.3) is 11.1 Å². The van der Waals surface area contributed by atoms with Crippen LogP contribution in [0.4, 0.5) is 4.79 Å². The van der Waals surface area contributed by atoms with Crippen LogP contribution in [0.1, 0.15) is 26.3 Å². The number of carbonyl (C=O) groups excluding carboxylic acids is 2. The lowest BCUT2D eigenvalue weighted by atomic mass is 9.99. The highest BCUT2D eigenvalue weighted by molar-refractivity contribution is 14.1. The van der Waals surface area contributed by atoms with Gasteiger partial charge in [-0.2, -0.15) is 0 Å². The first kappa shape index (κ1) is 37.0. The first-order chi connectivity index (χ1) is 23.2. The predicted molar refractivity (Wildman–Crippen MR) is 199 cm³/mol. The molecule has 1 N–H and O–H groups in total. The van der Waals surface area contributed by atoms with E-state index in [0.29, 0.717) is 26.2 Å². The molecule has 0 unspecified atom stereocenters. The standard InChI is InChI=1S/C26H30N2O6.C11H10INO2/c1-26(2,3)34-25(31)27-19(24(30)33-6)15-16-11-13-17(14-12-16)21-22(32-5)18-9-7-8-10-20(18)28(4)23(21)29;1-13-8-6-4-3-5-7(8)10(15-2)9(12)11(13)14/h7-14,19H,15H2,1-6H3,(H,27,31);3-6H,1-2H3/t19-;/m0./s1. The summed E-state index contributed by atoms with van der Waals surface area (Å²) in [4.78, 5) is 49.4. The Morgan fingerprint density at radius 1 is 0.776 bits per heavy atom. The summed E-state index contributed by atoms with van der Waals surface area (Å²) < 4.78 is 24.9. The molecule has 258 valence electrons. The molecule has 0 aliphatic heterocycles. The molecule has 3 aromatic carbocycles. The number of aromatic nitrogens is 2. The Hall–Kier alpha value is -4.85. The van der Waals surface area contributed by atoms with Gasteiger partial charge in [-0.15, -0.1) is 0 Å². The number of halogens is 1. The zero-order chi connectivity index (χ0) is 36.0. The number of hydrogen-bond donors (Lipinski definition) is 1. The second-order valence-corrected chi connectivity index (χ2v) is 13.2. The van der Waals surface area contributed by atoms with Crippen molar-refractivity contribution in [2.45, 2.75) is 38.8 Å². The van der Waals surface area contributed by atoms with E-state index in [0.717, 1.165) is 27.4 Å². The van der Waals surface area contributed by atoms with Crippen molar-refractivity contribution in [3.8, 4) is 22.6 Å². The van der Waals surface area contributed by atoms with Crippen LogP contribution >= 0.6 is 22.6 Å². The van der Waals surface area contributed by atoms with E-state index in [1.165, 1.54) is 7.11 Å². The molecule has 1 atom stereocenters. The molecule has 0 spiro atoms. The largest absolute Gasteiger partial charge is 0.495 e. The molecule has 0 aliphatic carbocycles. The Morgan fingerprint density at radius 3 is 1.80 bits per heavy atom. The maximum atomic E-state index is 13.1. The van der Waals surface area contributed by atoms with Crippen molar-refractivity contribution in [1.82, 2.24) is 14.5 Å². The number of nitrogens with zero attached hydrogens (tertiary/aromatic N) is 2. The summed E-state index contributed by atoms with van der Waals surface area (Å²) in [6.45, 7) is 5.22. The number of nitrogens with one attached hydrogen (secondary N) is 1. The number of para-hydroxylation sites is 2. The number of ether oxygens (including phenoxy) is 4. The number of esters is 1. The molecule has 49 heavy (non-hydrogen) atoms. The number of rotatable bonds is 7. The van der Waals surface area contributed by atoms with Crippen molar-refractivity contribution in [3.05, 3.63) is 103 Å². The maximum Gasteiger partial charge on any atom is 0.408 e. The molecular weight excluding hydrogens is 741 g/mol. The number of amides is 1. The molecule has 1 amide bonds. The lowest BCUT2D eigenvalue weighted by molar-refractivity contribution is -0.143. The van der Waals surface area contributed by atoms with E-state index in [1.807, 2.05) is 71.1 Å². The lowest BCUT2D eigenvalue weighted by Crippen LogP contribution is -2.45. The maximum absolute atomic E-state index is 13.1. The van der Waals surface area contributed by atoms with Gasteiger partial charge in [0, 0.05) is 31.3 Å². The van der Waals surface area contributed by atoms with E-state index >= 15 is 0 Å². The number of alkyl carbamates (subject to hydrolysis) is 1. The van der Waals surface area contributed by atoms with Crippen molar-refractivity contribution in [2.75, 3.05) is 21.3 Å². The van der Waals surface area contributed by atoms with Gasteiger partial charge in [0.1, 0.15) is 26.7 Å². The van der Waals surface area contributed by atoms with Crippen LogP contribution in [0.5, 0.6) is 11.5 Å². The van der Waals surface area contributed by atoms with Crippen molar-refractivity contribution >= 4 is 56.5 Å². The molecule has 0 saturated heterocycles. The molecule has 0 saturated carbocycles. The first-order valence-corrected chi connectivity index (χ1v) is 16.4. The third-order valence-corrected chi connectivity index (χ3v) is 8.68. The fraction of sp³-hybridized carbons (Fsp3) is 0.297. The molecule has 5 aromatic rings. The van der Waals surface area contributed by atoms with E-state index in [1.54, 1.807) is 82.5 Å². The molecule has 0 bridgehead atoms. The van der Waals surface area contributed by atoms with Crippen molar-refractivity contribution in [1.29, 1.82) is 0 Å². The molecule has 0 aliphatic rings. The molecular formula is C37H40IN3O8. The summed E-state index contributed by atoms with van der Waals surface area (Å²) in [5.74, 6) is 0.583. The summed E-state index contributed by atoms with van der Waals surface area (Å²) in [7, 11) is 7.89. The van der Waals surface area contributed by atoms with E-state index in [2.05, 4.69) is 5.32 Å².